The monoisotopic (exact) mass is 286 g/mol. The van der Waals surface area contributed by atoms with E-state index in [4.69, 9.17) is 0 Å². The molecule has 100 valence electrons. The SMILES string of the molecule is O=S1NCc2ccc(-c3c[nH]c4cc(F)ccc34)cc21. The average Bonchev–Trinajstić information content (AvgIpc) is 3.02. The molecule has 0 amide bonds. The molecule has 0 aliphatic carbocycles. The van der Waals surface area contributed by atoms with Crippen LogP contribution in [0.5, 0.6) is 0 Å². The maximum atomic E-state index is 13.2. The maximum absolute atomic E-state index is 13.2. The van der Waals surface area contributed by atoms with Gasteiger partial charge in [0.2, 0.25) is 0 Å². The summed E-state index contributed by atoms with van der Waals surface area (Å²) in [5.74, 6) is -0.259. The van der Waals surface area contributed by atoms with Gasteiger partial charge in [0.1, 0.15) is 16.8 Å². The minimum Gasteiger partial charge on any atom is -0.360 e. The molecule has 4 rings (SSSR count). The third-order valence-corrected chi connectivity index (χ3v) is 4.80. The molecule has 3 aromatic rings. The standard InChI is InChI=1S/C15H11FN2OS/c16-11-3-4-12-13(8-17-14(12)6-11)9-1-2-10-7-18-20(19)15(10)5-9/h1-6,8,17-18H,7H2. The Kier molecular flexibility index (Phi) is 2.52. The van der Waals surface area contributed by atoms with Crippen molar-refractivity contribution < 1.29 is 8.60 Å². The molecule has 0 fully saturated rings. The lowest BCUT2D eigenvalue weighted by Crippen LogP contribution is -2.05. The molecule has 0 saturated carbocycles. The Hall–Kier alpha value is -1.98. The van der Waals surface area contributed by atoms with E-state index in [1.807, 2.05) is 24.4 Å². The van der Waals surface area contributed by atoms with Crippen LogP contribution in [0.2, 0.25) is 0 Å². The third kappa shape index (κ3) is 1.71. The number of H-pyrrole nitrogens is 1. The molecular formula is C15H11FN2OS. The van der Waals surface area contributed by atoms with Crippen molar-refractivity contribution in [3.63, 3.8) is 0 Å². The average molecular weight is 286 g/mol. The van der Waals surface area contributed by atoms with Crippen LogP contribution in [-0.4, -0.2) is 9.19 Å². The predicted molar refractivity (Wildman–Crippen MR) is 76.9 cm³/mol. The minimum absolute atomic E-state index is 0.259. The van der Waals surface area contributed by atoms with Crippen molar-refractivity contribution in [2.24, 2.45) is 0 Å². The molecule has 2 aromatic carbocycles. The molecule has 1 unspecified atom stereocenters. The van der Waals surface area contributed by atoms with Crippen molar-refractivity contribution in [1.82, 2.24) is 9.71 Å². The molecular weight excluding hydrogens is 275 g/mol. The largest absolute Gasteiger partial charge is 0.360 e. The van der Waals surface area contributed by atoms with Crippen LogP contribution in [0, 0.1) is 5.82 Å². The number of rotatable bonds is 1. The summed E-state index contributed by atoms with van der Waals surface area (Å²) in [6, 6.07) is 10.6. The summed E-state index contributed by atoms with van der Waals surface area (Å²) >= 11 is 0. The van der Waals surface area contributed by atoms with Gasteiger partial charge in [-0.2, -0.15) is 0 Å². The van der Waals surface area contributed by atoms with Gasteiger partial charge >= 0.3 is 0 Å². The van der Waals surface area contributed by atoms with E-state index in [-0.39, 0.29) is 5.82 Å². The molecule has 1 atom stereocenters. The highest BCUT2D eigenvalue weighted by molar-refractivity contribution is 7.83. The molecule has 0 bridgehead atoms. The summed E-state index contributed by atoms with van der Waals surface area (Å²) in [5.41, 5.74) is 3.81. The van der Waals surface area contributed by atoms with Gasteiger partial charge in [0.05, 0.1) is 4.90 Å². The third-order valence-electron chi connectivity index (χ3n) is 3.62. The summed E-state index contributed by atoms with van der Waals surface area (Å²) in [4.78, 5) is 3.91. The molecule has 1 aromatic heterocycles. The molecule has 1 aliphatic rings. The molecule has 2 N–H and O–H groups in total. The normalized spacial score (nSPS) is 17.6. The predicted octanol–water partition coefficient (Wildman–Crippen LogP) is 3.10. The number of hydrogen-bond donors (Lipinski definition) is 2. The number of nitrogens with one attached hydrogen (secondary N) is 2. The van der Waals surface area contributed by atoms with Crippen molar-refractivity contribution in [2.45, 2.75) is 11.4 Å². The fraction of sp³-hybridized carbons (Fsp3) is 0.0667. The smallest absolute Gasteiger partial charge is 0.125 e. The van der Waals surface area contributed by atoms with Crippen molar-refractivity contribution in [3.8, 4) is 11.1 Å². The Morgan fingerprint density at radius 3 is 2.95 bits per heavy atom. The lowest BCUT2D eigenvalue weighted by molar-refractivity contribution is 0.629. The van der Waals surface area contributed by atoms with Gasteiger partial charge in [-0.15, -0.1) is 0 Å². The summed E-state index contributed by atoms with van der Waals surface area (Å²) in [5, 5.41) is 0.961. The van der Waals surface area contributed by atoms with Crippen LogP contribution in [0.3, 0.4) is 0 Å². The van der Waals surface area contributed by atoms with Gasteiger partial charge < -0.3 is 4.98 Å². The molecule has 0 spiro atoms. The van der Waals surface area contributed by atoms with Gasteiger partial charge in [-0.05, 0) is 35.4 Å². The van der Waals surface area contributed by atoms with Gasteiger partial charge in [0.15, 0.2) is 0 Å². The van der Waals surface area contributed by atoms with Gasteiger partial charge in [0, 0.05) is 29.2 Å². The van der Waals surface area contributed by atoms with E-state index in [1.165, 1.54) is 12.1 Å². The van der Waals surface area contributed by atoms with Gasteiger partial charge in [-0.25, -0.2) is 13.3 Å². The molecule has 0 radical (unpaired) electrons. The van der Waals surface area contributed by atoms with Crippen LogP contribution >= 0.6 is 0 Å². The van der Waals surface area contributed by atoms with Gasteiger partial charge in [-0.3, -0.25) is 0 Å². The Labute approximate surface area is 117 Å². The second-order valence-electron chi connectivity index (χ2n) is 4.80. The summed E-state index contributed by atoms with van der Waals surface area (Å²) in [6.07, 6.45) is 1.86. The first-order valence-corrected chi connectivity index (χ1v) is 7.42. The zero-order chi connectivity index (χ0) is 13.7. The van der Waals surface area contributed by atoms with Crippen LogP contribution in [0.1, 0.15) is 5.56 Å². The topological polar surface area (TPSA) is 44.9 Å². The van der Waals surface area contributed by atoms with Crippen LogP contribution in [0.25, 0.3) is 22.0 Å². The minimum atomic E-state index is -1.13. The lowest BCUT2D eigenvalue weighted by atomic mass is 10.0. The van der Waals surface area contributed by atoms with Crippen LogP contribution in [-0.2, 0) is 17.5 Å². The molecule has 0 saturated heterocycles. The zero-order valence-electron chi connectivity index (χ0n) is 10.4. The number of fused-ring (bicyclic) bond motifs is 2. The Balaban J connectivity index is 1.91. The molecule has 1 aliphatic heterocycles. The van der Waals surface area contributed by atoms with E-state index in [9.17, 15) is 8.60 Å². The van der Waals surface area contributed by atoms with Crippen LogP contribution in [0.15, 0.2) is 47.5 Å². The number of aromatic nitrogens is 1. The summed E-state index contributed by atoms with van der Waals surface area (Å²) < 4.78 is 28.0. The molecule has 2 heterocycles. The van der Waals surface area contributed by atoms with E-state index < -0.39 is 11.0 Å². The lowest BCUT2D eigenvalue weighted by Gasteiger charge is -2.03. The van der Waals surface area contributed by atoms with Crippen molar-refractivity contribution in [3.05, 3.63) is 54.0 Å². The van der Waals surface area contributed by atoms with E-state index in [1.54, 1.807) is 6.07 Å². The maximum Gasteiger partial charge on any atom is 0.125 e. The number of benzene rings is 2. The second kappa shape index (κ2) is 4.26. The highest BCUT2D eigenvalue weighted by Crippen LogP contribution is 2.32. The van der Waals surface area contributed by atoms with Gasteiger partial charge in [0.25, 0.3) is 0 Å². The fourth-order valence-corrected chi connectivity index (χ4v) is 3.65. The highest BCUT2D eigenvalue weighted by Gasteiger charge is 2.18. The molecule has 3 nitrogen and oxygen atoms in total. The van der Waals surface area contributed by atoms with E-state index in [2.05, 4.69) is 9.71 Å². The fourth-order valence-electron chi connectivity index (χ4n) is 2.60. The Morgan fingerprint density at radius 2 is 2.05 bits per heavy atom. The summed E-state index contributed by atoms with van der Waals surface area (Å²) in [6.45, 7) is 0.640. The number of hydrogen-bond acceptors (Lipinski definition) is 1. The first-order chi connectivity index (χ1) is 9.72. The van der Waals surface area contributed by atoms with Gasteiger partial charge in [-0.1, -0.05) is 12.1 Å². The van der Waals surface area contributed by atoms with Crippen molar-refractivity contribution in [2.75, 3.05) is 0 Å². The van der Waals surface area contributed by atoms with E-state index in [0.29, 0.717) is 6.54 Å². The number of aromatic amines is 1. The zero-order valence-corrected chi connectivity index (χ0v) is 11.3. The van der Waals surface area contributed by atoms with E-state index in [0.717, 1.165) is 32.5 Å². The van der Waals surface area contributed by atoms with E-state index >= 15 is 0 Å². The van der Waals surface area contributed by atoms with Crippen LogP contribution < -0.4 is 4.72 Å². The molecule has 20 heavy (non-hydrogen) atoms. The van der Waals surface area contributed by atoms with Crippen molar-refractivity contribution >= 4 is 21.9 Å². The summed E-state index contributed by atoms with van der Waals surface area (Å²) in [7, 11) is -1.13. The second-order valence-corrected chi connectivity index (χ2v) is 6.07. The Morgan fingerprint density at radius 1 is 1.15 bits per heavy atom. The molecule has 5 heteroatoms. The van der Waals surface area contributed by atoms with Crippen molar-refractivity contribution in [1.29, 1.82) is 0 Å². The first kappa shape index (κ1) is 11.8. The van der Waals surface area contributed by atoms with Crippen LogP contribution in [0.4, 0.5) is 4.39 Å². The Bertz CT molecular complexity index is 856. The number of halogens is 1. The highest BCUT2D eigenvalue weighted by atomic mass is 32.2. The first-order valence-electron chi connectivity index (χ1n) is 6.27. The quantitative estimate of drug-likeness (QED) is 0.709.